The molecule has 1 aromatic carbocycles. The average Bonchev–Trinajstić information content (AvgIpc) is 2.35. The summed E-state index contributed by atoms with van der Waals surface area (Å²) in [5.41, 5.74) is 0.129. The maximum atomic E-state index is 13.7. The van der Waals surface area contributed by atoms with Gasteiger partial charge in [-0.15, -0.1) is 0 Å². The number of sulfonamides is 1. The SMILES string of the molecule is CC(=O)Nc1ccc(S(=O)(=O)NCC(O)CO)c(F)c1. The van der Waals surface area contributed by atoms with Gasteiger partial charge in [-0.3, -0.25) is 4.79 Å². The number of carbonyl (C=O) groups is 1. The zero-order chi connectivity index (χ0) is 15.3. The fourth-order valence-electron chi connectivity index (χ4n) is 1.35. The smallest absolute Gasteiger partial charge is 0.243 e. The Labute approximate surface area is 115 Å². The van der Waals surface area contributed by atoms with Crippen LogP contribution in [0.15, 0.2) is 23.1 Å². The van der Waals surface area contributed by atoms with Gasteiger partial charge in [0, 0.05) is 19.2 Å². The van der Waals surface area contributed by atoms with Crippen LogP contribution in [0.2, 0.25) is 0 Å². The van der Waals surface area contributed by atoms with Gasteiger partial charge >= 0.3 is 0 Å². The quantitative estimate of drug-likeness (QED) is 0.561. The van der Waals surface area contributed by atoms with Crippen molar-refractivity contribution < 1.29 is 27.8 Å². The first kappa shape index (κ1) is 16.5. The molecule has 0 aliphatic heterocycles. The van der Waals surface area contributed by atoms with Crippen LogP contribution in [0.5, 0.6) is 0 Å². The van der Waals surface area contributed by atoms with Crippen LogP contribution in [0.4, 0.5) is 10.1 Å². The number of hydrogen-bond donors (Lipinski definition) is 4. The maximum absolute atomic E-state index is 13.7. The van der Waals surface area contributed by atoms with Gasteiger partial charge in [0.1, 0.15) is 10.7 Å². The summed E-state index contributed by atoms with van der Waals surface area (Å²) in [4.78, 5) is 10.2. The number of nitrogens with one attached hydrogen (secondary N) is 2. The second kappa shape index (κ2) is 6.75. The van der Waals surface area contributed by atoms with E-state index in [0.29, 0.717) is 0 Å². The van der Waals surface area contributed by atoms with Crippen molar-refractivity contribution >= 4 is 21.6 Å². The van der Waals surface area contributed by atoms with Crippen molar-refractivity contribution in [3.05, 3.63) is 24.0 Å². The highest BCUT2D eigenvalue weighted by Gasteiger charge is 2.20. The molecule has 0 aliphatic carbocycles. The Bertz CT molecular complexity index is 590. The van der Waals surface area contributed by atoms with Gasteiger partial charge < -0.3 is 15.5 Å². The molecule has 1 atom stereocenters. The predicted octanol–water partition coefficient (Wildman–Crippen LogP) is -0.584. The molecular weight excluding hydrogens is 291 g/mol. The molecule has 1 rings (SSSR count). The minimum Gasteiger partial charge on any atom is -0.394 e. The molecule has 1 aromatic rings. The number of halogens is 1. The molecule has 1 unspecified atom stereocenters. The molecule has 0 fully saturated rings. The van der Waals surface area contributed by atoms with Crippen LogP contribution in [0, 0.1) is 5.82 Å². The number of anilines is 1. The van der Waals surface area contributed by atoms with E-state index in [9.17, 15) is 17.6 Å². The fraction of sp³-hybridized carbons (Fsp3) is 0.364. The second-order valence-electron chi connectivity index (χ2n) is 4.01. The van der Waals surface area contributed by atoms with Crippen LogP contribution in [-0.4, -0.2) is 43.8 Å². The third-order valence-corrected chi connectivity index (χ3v) is 3.72. The number of rotatable bonds is 6. The van der Waals surface area contributed by atoms with Crippen LogP contribution in [-0.2, 0) is 14.8 Å². The van der Waals surface area contributed by atoms with Gasteiger partial charge in [0.05, 0.1) is 12.7 Å². The van der Waals surface area contributed by atoms with Crippen LogP contribution in [0.25, 0.3) is 0 Å². The molecular formula is C11H15FN2O5S. The van der Waals surface area contributed by atoms with Crippen LogP contribution >= 0.6 is 0 Å². The van der Waals surface area contributed by atoms with Crippen molar-refractivity contribution in [1.82, 2.24) is 4.72 Å². The first-order valence-corrected chi connectivity index (χ1v) is 7.10. The zero-order valence-electron chi connectivity index (χ0n) is 10.6. The molecule has 0 radical (unpaired) electrons. The lowest BCUT2D eigenvalue weighted by atomic mass is 10.3. The van der Waals surface area contributed by atoms with Crippen molar-refractivity contribution in [2.45, 2.75) is 17.9 Å². The Kier molecular flexibility index (Phi) is 5.57. The Morgan fingerprint density at radius 2 is 2.10 bits per heavy atom. The van der Waals surface area contributed by atoms with E-state index >= 15 is 0 Å². The third kappa shape index (κ3) is 4.53. The second-order valence-corrected chi connectivity index (χ2v) is 5.75. The van der Waals surface area contributed by atoms with Gasteiger partial charge in [-0.25, -0.2) is 17.5 Å². The van der Waals surface area contributed by atoms with Crippen molar-refractivity contribution in [3.8, 4) is 0 Å². The van der Waals surface area contributed by atoms with E-state index < -0.39 is 45.9 Å². The molecule has 4 N–H and O–H groups in total. The molecule has 0 aromatic heterocycles. The number of benzene rings is 1. The Balaban J connectivity index is 2.93. The lowest BCUT2D eigenvalue weighted by Gasteiger charge is -2.11. The van der Waals surface area contributed by atoms with Crippen molar-refractivity contribution in [2.24, 2.45) is 0 Å². The van der Waals surface area contributed by atoms with E-state index in [1.165, 1.54) is 13.0 Å². The number of hydrogen-bond acceptors (Lipinski definition) is 5. The van der Waals surface area contributed by atoms with Crippen molar-refractivity contribution in [1.29, 1.82) is 0 Å². The molecule has 9 heteroatoms. The maximum Gasteiger partial charge on any atom is 0.243 e. The fourth-order valence-corrected chi connectivity index (χ4v) is 2.48. The van der Waals surface area contributed by atoms with Crippen LogP contribution < -0.4 is 10.0 Å². The summed E-state index contributed by atoms with van der Waals surface area (Å²) in [6.07, 6.45) is -1.27. The summed E-state index contributed by atoms with van der Waals surface area (Å²) in [6, 6.07) is 3.11. The number of carbonyl (C=O) groups excluding carboxylic acids is 1. The van der Waals surface area contributed by atoms with E-state index in [0.717, 1.165) is 12.1 Å². The molecule has 1 amide bonds. The number of aliphatic hydroxyl groups excluding tert-OH is 2. The first-order valence-electron chi connectivity index (χ1n) is 5.62. The minimum absolute atomic E-state index is 0.129. The highest BCUT2D eigenvalue weighted by atomic mass is 32.2. The zero-order valence-corrected chi connectivity index (χ0v) is 11.4. The molecule has 0 saturated carbocycles. The molecule has 0 heterocycles. The molecule has 0 spiro atoms. The summed E-state index contributed by atoms with van der Waals surface area (Å²) in [6.45, 7) is 0.179. The van der Waals surface area contributed by atoms with E-state index in [4.69, 9.17) is 10.2 Å². The highest BCUT2D eigenvalue weighted by Crippen LogP contribution is 2.18. The standard InChI is InChI=1S/C11H15FN2O5S/c1-7(16)14-8-2-3-11(10(12)4-8)20(18,19)13-5-9(17)6-15/h2-4,9,13,15,17H,5-6H2,1H3,(H,14,16). The Morgan fingerprint density at radius 3 is 2.60 bits per heavy atom. The van der Waals surface area contributed by atoms with Crippen molar-refractivity contribution in [2.75, 3.05) is 18.5 Å². The van der Waals surface area contributed by atoms with Gasteiger partial charge in [-0.1, -0.05) is 0 Å². The molecule has 7 nitrogen and oxygen atoms in total. The minimum atomic E-state index is -4.15. The van der Waals surface area contributed by atoms with E-state index in [-0.39, 0.29) is 5.69 Å². The van der Waals surface area contributed by atoms with E-state index in [2.05, 4.69) is 5.32 Å². The average molecular weight is 306 g/mol. The molecule has 112 valence electrons. The van der Waals surface area contributed by atoms with Crippen LogP contribution in [0.1, 0.15) is 6.92 Å². The lowest BCUT2D eigenvalue weighted by molar-refractivity contribution is -0.114. The first-order chi connectivity index (χ1) is 9.26. The largest absolute Gasteiger partial charge is 0.394 e. The van der Waals surface area contributed by atoms with Gasteiger partial charge in [0.15, 0.2) is 0 Å². The van der Waals surface area contributed by atoms with E-state index in [1.54, 1.807) is 0 Å². The molecule has 0 bridgehead atoms. The molecule has 0 aliphatic rings. The van der Waals surface area contributed by atoms with E-state index in [1.807, 2.05) is 4.72 Å². The topological polar surface area (TPSA) is 116 Å². The Hall–Kier alpha value is -1.55. The van der Waals surface area contributed by atoms with Crippen LogP contribution in [0.3, 0.4) is 0 Å². The van der Waals surface area contributed by atoms with Crippen molar-refractivity contribution in [3.63, 3.8) is 0 Å². The monoisotopic (exact) mass is 306 g/mol. The number of amides is 1. The lowest BCUT2D eigenvalue weighted by Crippen LogP contribution is -2.34. The third-order valence-electron chi connectivity index (χ3n) is 2.26. The summed E-state index contributed by atoms with van der Waals surface area (Å²) < 4.78 is 39.2. The summed E-state index contributed by atoms with van der Waals surface area (Å²) >= 11 is 0. The molecule has 20 heavy (non-hydrogen) atoms. The van der Waals surface area contributed by atoms with Gasteiger partial charge in [-0.05, 0) is 18.2 Å². The summed E-state index contributed by atoms with van der Waals surface area (Å²) in [5, 5.41) is 20.0. The summed E-state index contributed by atoms with van der Waals surface area (Å²) in [7, 11) is -4.15. The normalized spacial score (nSPS) is 13.0. The van der Waals surface area contributed by atoms with Gasteiger partial charge in [0.25, 0.3) is 0 Å². The summed E-state index contributed by atoms with van der Waals surface area (Å²) in [5.74, 6) is -1.45. The molecule has 0 saturated heterocycles. The highest BCUT2D eigenvalue weighted by molar-refractivity contribution is 7.89. The van der Waals surface area contributed by atoms with Gasteiger partial charge in [-0.2, -0.15) is 0 Å². The predicted molar refractivity (Wildman–Crippen MR) is 69.0 cm³/mol. The van der Waals surface area contributed by atoms with Gasteiger partial charge in [0.2, 0.25) is 15.9 Å². The number of aliphatic hydroxyl groups is 2. The Morgan fingerprint density at radius 1 is 1.45 bits per heavy atom.